The molecule has 2 heteroatoms. The minimum atomic E-state index is 0.933. The zero-order chi connectivity index (χ0) is 22.1. The van der Waals surface area contributed by atoms with Gasteiger partial charge in [0.05, 0.1) is 5.56 Å². The number of aromatic nitrogens is 1. The highest BCUT2D eigenvalue weighted by molar-refractivity contribution is 6.24. The highest BCUT2D eigenvalue weighted by Gasteiger charge is 2.20. The molecule has 2 aromatic heterocycles. The summed E-state index contributed by atoms with van der Waals surface area (Å²) in [5.41, 5.74) is 5.41. The second-order valence-corrected chi connectivity index (χ2v) is 8.95. The SMILES string of the molecule is Cc1ccc2c(oc3cc4ccc5ccc6ccccc6c5c4cc32)c1-c1cccc[n+]1C. The Morgan fingerprint density at radius 3 is 2.30 bits per heavy atom. The molecule has 33 heavy (non-hydrogen) atoms. The van der Waals surface area contributed by atoms with E-state index >= 15 is 0 Å². The van der Waals surface area contributed by atoms with Crippen LogP contribution in [0.2, 0.25) is 0 Å². The van der Waals surface area contributed by atoms with E-state index in [1.807, 2.05) is 0 Å². The first-order valence-corrected chi connectivity index (χ1v) is 11.3. The van der Waals surface area contributed by atoms with E-state index in [1.54, 1.807) is 0 Å². The van der Waals surface area contributed by atoms with Gasteiger partial charge in [-0.25, -0.2) is 4.57 Å². The molecule has 0 saturated carbocycles. The van der Waals surface area contributed by atoms with Crippen molar-refractivity contribution in [2.45, 2.75) is 6.92 Å². The molecule has 7 aromatic rings. The average molecular weight is 425 g/mol. The smallest absolute Gasteiger partial charge is 0.216 e. The summed E-state index contributed by atoms with van der Waals surface area (Å²) in [6.45, 7) is 2.16. The third kappa shape index (κ3) is 2.58. The molecule has 0 aliphatic carbocycles. The zero-order valence-electron chi connectivity index (χ0n) is 18.6. The lowest BCUT2D eigenvalue weighted by atomic mass is 9.95. The van der Waals surface area contributed by atoms with Gasteiger partial charge in [-0.3, -0.25) is 0 Å². The van der Waals surface area contributed by atoms with E-state index in [4.69, 9.17) is 4.42 Å². The van der Waals surface area contributed by atoms with Crippen molar-refractivity contribution >= 4 is 54.3 Å². The van der Waals surface area contributed by atoms with Crippen LogP contribution >= 0.6 is 0 Å². The standard InChI is InChI=1S/C31H22NO/c1-19-10-15-24-26-18-25-22(14-13-21-12-11-20-7-3-4-8-23(20)30(21)25)17-28(26)33-31(24)29(19)27-9-5-6-16-32(27)2/h3-18H,1-2H3/q+1. The molecule has 2 heterocycles. The molecule has 0 unspecified atom stereocenters. The number of aryl methyl sites for hydroxylation is 2. The lowest BCUT2D eigenvalue weighted by Crippen LogP contribution is -2.30. The zero-order valence-corrected chi connectivity index (χ0v) is 18.6. The summed E-state index contributed by atoms with van der Waals surface area (Å²) in [6.07, 6.45) is 2.09. The Morgan fingerprint density at radius 2 is 1.42 bits per heavy atom. The Kier molecular flexibility index (Phi) is 3.72. The Morgan fingerprint density at radius 1 is 0.636 bits per heavy atom. The van der Waals surface area contributed by atoms with Gasteiger partial charge >= 0.3 is 0 Å². The van der Waals surface area contributed by atoms with E-state index in [0.717, 1.165) is 33.2 Å². The van der Waals surface area contributed by atoms with Gasteiger partial charge in [0.25, 0.3) is 0 Å². The minimum absolute atomic E-state index is 0.933. The Hall–Kier alpha value is -4.17. The van der Waals surface area contributed by atoms with E-state index in [-0.39, 0.29) is 0 Å². The van der Waals surface area contributed by atoms with Crippen molar-refractivity contribution in [3.05, 3.63) is 103 Å². The summed E-state index contributed by atoms with van der Waals surface area (Å²) in [5.74, 6) is 0. The molecule has 0 bridgehead atoms. The molecular weight excluding hydrogens is 402 g/mol. The van der Waals surface area contributed by atoms with Crippen LogP contribution in [0.15, 0.2) is 102 Å². The minimum Gasteiger partial charge on any atom is -0.455 e. The fraction of sp³-hybridized carbons (Fsp3) is 0.0645. The molecule has 0 aliphatic rings. The van der Waals surface area contributed by atoms with E-state index in [1.165, 1.54) is 37.9 Å². The highest BCUT2D eigenvalue weighted by Crippen LogP contribution is 2.40. The number of furan rings is 1. The van der Waals surface area contributed by atoms with Crippen molar-refractivity contribution in [3.8, 4) is 11.3 Å². The lowest BCUT2D eigenvalue weighted by Gasteiger charge is -2.08. The van der Waals surface area contributed by atoms with Crippen LogP contribution in [-0.2, 0) is 7.05 Å². The summed E-state index contributed by atoms with van der Waals surface area (Å²) >= 11 is 0. The third-order valence-corrected chi connectivity index (χ3v) is 7.00. The number of benzene rings is 5. The highest BCUT2D eigenvalue weighted by atomic mass is 16.3. The first-order valence-electron chi connectivity index (χ1n) is 11.3. The fourth-order valence-corrected chi connectivity index (χ4v) is 5.36. The number of hydrogen-bond acceptors (Lipinski definition) is 1. The van der Waals surface area contributed by atoms with Crippen LogP contribution in [0.25, 0.3) is 65.5 Å². The van der Waals surface area contributed by atoms with Crippen LogP contribution in [0.4, 0.5) is 0 Å². The van der Waals surface area contributed by atoms with Gasteiger partial charge in [0.1, 0.15) is 18.2 Å². The first kappa shape index (κ1) is 18.4. The van der Waals surface area contributed by atoms with Gasteiger partial charge in [0, 0.05) is 22.9 Å². The van der Waals surface area contributed by atoms with Crippen LogP contribution in [0.3, 0.4) is 0 Å². The topological polar surface area (TPSA) is 17.0 Å². The van der Waals surface area contributed by atoms with Crippen LogP contribution in [0.1, 0.15) is 5.56 Å². The number of hydrogen-bond donors (Lipinski definition) is 0. The van der Waals surface area contributed by atoms with Crippen molar-refractivity contribution in [3.63, 3.8) is 0 Å². The molecule has 0 atom stereocenters. The summed E-state index contributed by atoms with van der Waals surface area (Å²) in [6, 6.07) is 32.8. The number of fused-ring (bicyclic) bond motifs is 8. The molecule has 7 rings (SSSR count). The number of nitrogens with zero attached hydrogens (tertiary/aromatic N) is 1. The van der Waals surface area contributed by atoms with Crippen molar-refractivity contribution in [1.29, 1.82) is 0 Å². The van der Waals surface area contributed by atoms with Crippen molar-refractivity contribution < 1.29 is 8.98 Å². The van der Waals surface area contributed by atoms with Crippen LogP contribution < -0.4 is 4.57 Å². The lowest BCUT2D eigenvalue weighted by molar-refractivity contribution is -0.660. The molecule has 0 aliphatic heterocycles. The largest absolute Gasteiger partial charge is 0.455 e. The van der Waals surface area contributed by atoms with Gasteiger partial charge < -0.3 is 4.42 Å². The van der Waals surface area contributed by atoms with E-state index < -0.39 is 0 Å². The molecule has 0 saturated heterocycles. The normalized spacial score (nSPS) is 11.9. The Bertz CT molecular complexity index is 1890. The maximum atomic E-state index is 6.57. The average Bonchev–Trinajstić information content (AvgIpc) is 3.20. The quantitative estimate of drug-likeness (QED) is 0.194. The maximum absolute atomic E-state index is 6.57. The number of rotatable bonds is 1. The monoisotopic (exact) mass is 424 g/mol. The summed E-state index contributed by atoms with van der Waals surface area (Å²) in [7, 11) is 2.09. The molecular formula is C31H22NO+. The Labute approximate surface area is 191 Å². The van der Waals surface area contributed by atoms with Crippen molar-refractivity contribution in [1.82, 2.24) is 0 Å². The van der Waals surface area contributed by atoms with Gasteiger partial charge in [0.15, 0.2) is 6.20 Å². The van der Waals surface area contributed by atoms with Gasteiger partial charge in [-0.2, -0.15) is 0 Å². The predicted octanol–water partition coefficient (Wildman–Crippen LogP) is 7.85. The molecule has 156 valence electrons. The van der Waals surface area contributed by atoms with Crippen LogP contribution in [0.5, 0.6) is 0 Å². The maximum Gasteiger partial charge on any atom is 0.216 e. The molecule has 0 amide bonds. The molecule has 0 N–H and O–H groups in total. The molecule has 0 spiro atoms. The molecule has 0 radical (unpaired) electrons. The van der Waals surface area contributed by atoms with Crippen LogP contribution in [-0.4, -0.2) is 0 Å². The van der Waals surface area contributed by atoms with Crippen molar-refractivity contribution in [2.24, 2.45) is 7.05 Å². The van der Waals surface area contributed by atoms with Gasteiger partial charge in [-0.05, 0) is 63.0 Å². The molecule has 2 nitrogen and oxygen atoms in total. The fourth-order valence-electron chi connectivity index (χ4n) is 5.36. The third-order valence-electron chi connectivity index (χ3n) is 7.00. The van der Waals surface area contributed by atoms with Crippen molar-refractivity contribution in [2.75, 3.05) is 0 Å². The summed E-state index contributed by atoms with van der Waals surface area (Å²) in [4.78, 5) is 0. The Balaban J connectivity index is 1.64. The summed E-state index contributed by atoms with van der Waals surface area (Å²) in [5, 5.41) is 9.93. The summed E-state index contributed by atoms with van der Waals surface area (Å²) < 4.78 is 8.73. The molecule has 0 fully saturated rings. The second-order valence-electron chi connectivity index (χ2n) is 8.95. The van der Waals surface area contributed by atoms with E-state index in [0.29, 0.717) is 0 Å². The molecule has 5 aromatic carbocycles. The van der Waals surface area contributed by atoms with E-state index in [2.05, 4.69) is 116 Å². The first-order chi connectivity index (χ1) is 16.2. The van der Waals surface area contributed by atoms with Gasteiger partial charge in [-0.15, -0.1) is 0 Å². The van der Waals surface area contributed by atoms with Crippen LogP contribution in [0, 0.1) is 6.92 Å². The van der Waals surface area contributed by atoms with E-state index in [9.17, 15) is 0 Å². The van der Waals surface area contributed by atoms with Gasteiger partial charge in [0.2, 0.25) is 5.69 Å². The predicted molar refractivity (Wildman–Crippen MR) is 138 cm³/mol. The number of pyridine rings is 1. The van der Waals surface area contributed by atoms with Gasteiger partial charge in [-0.1, -0.05) is 60.7 Å². The second kappa shape index (κ2) is 6.66.